The highest BCUT2D eigenvalue weighted by Gasteiger charge is 2.54. The molecular formula is C29H32F3N9OS2. The largest absolute Gasteiger partial charge is 0.461 e. The third-order valence-electron chi connectivity index (χ3n) is 9.56. The van der Waals surface area contributed by atoms with Gasteiger partial charge in [-0.3, -0.25) is 4.90 Å². The van der Waals surface area contributed by atoms with Crippen molar-refractivity contribution in [2.45, 2.75) is 54.4 Å². The number of ether oxygens (including phenoxy) is 1. The van der Waals surface area contributed by atoms with Crippen LogP contribution in [0.3, 0.4) is 0 Å². The maximum atomic E-state index is 16.4. The smallest absolute Gasteiger partial charge is 0.320 e. The monoisotopic (exact) mass is 643 g/mol. The first kappa shape index (κ1) is 29.2. The van der Waals surface area contributed by atoms with Crippen LogP contribution in [0, 0.1) is 23.0 Å². The van der Waals surface area contributed by atoms with Gasteiger partial charge in [0.1, 0.15) is 35.5 Å². The molecule has 7 heterocycles. The first-order valence-corrected chi connectivity index (χ1v) is 16.3. The van der Waals surface area contributed by atoms with E-state index >= 15 is 4.39 Å². The molecule has 0 saturated carbocycles. The summed E-state index contributed by atoms with van der Waals surface area (Å²) in [5.74, 6) is -0.343. The number of alkyl halides is 1. The Morgan fingerprint density at radius 3 is 2.86 bits per heavy atom. The van der Waals surface area contributed by atoms with Gasteiger partial charge in [0.25, 0.3) is 0 Å². The maximum Gasteiger partial charge on any atom is 0.320 e. The molecule has 15 heteroatoms. The lowest BCUT2D eigenvalue weighted by Crippen LogP contribution is -2.57. The van der Waals surface area contributed by atoms with Crippen LogP contribution in [0.5, 0.6) is 6.01 Å². The second-order valence-corrected chi connectivity index (χ2v) is 14.6. The molecule has 0 aromatic carbocycles. The van der Waals surface area contributed by atoms with Gasteiger partial charge in [0.05, 0.1) is 28.1 Å². The molecule has 4 aliphatic heterocycles. The quantitative estimate of drug-likeness (QED) is 0.381. The maximum absolute atomic E-state index is 16.4. The fourth-order valence-electron chi connectivity index (χ4n) is 7.19. The van der Waals surface area contributed by atoms with Gasteiger partial charge >= 0.3 is 6.01 Å². The predicted octanol–water partition coefficient (Wildman–Crippen LogP) is 4.36. The molecule has 0 unspecified atom stereocenters. The molecule has 10 nitrogen and oxygen atoms in total. The summed E-state index contributed by atoms with van der Waals surface area (Å²) < 4.78 is 50.7. The molecule has 7 rings (SSSR count). The van der Waals surface area contributed by atoms with Crippen molar-refractivity contribution in [3.05, 3.63) is 45.5 Å². The molecule has 4 N–H and O–H groups in total. The van der Waals surface area contributed by atoms with Gasteiger partial charge in [-0.1, -0.05) is 0 Å². The number of aromatic nitrogens is 3. The number of pyridine rings is 1. The van der Waals surface area contributed by atoms with E-state index in [1.54, 1.807) is 30.6 Å². The minimum atomic E-state index is -0.924. The van der Waals surface area contributed by atoms with Gasteiger partial charge in [0.15, 0.2) is 11.6 Å². The van der Waals surface area contributed by atoms with E-state index in [2.05, 4.69) is 25.9 Å². The third-order valence-corrected chi connectivity index (χ3v) is 12.2. The number of nitrogens with two attached hydrogens (primary N) is 2. The zero-order chi connectivity index (χ0) is 31.0. The first-order valence-electron chi connectivity index (χ1n) is 14.5. The summed E-state index contributed by atoms with van der Waals surface area (Å²) in [5.41, 5.74) is 13.6. The van der Waals surface area contributed by atoms with Crippen LogP contribution in [0.4, 0.5) is 35.6 Å². The molecule has 0 bridgehead atoms. The number of thiophene rings is 1. The Morgan fingerprint density at radius 1 is 1.30 bits per heavy atom. The van der Waals surface area contributed by atoms with Crippen molar-refractivity contribution in [2.24, 2.45) is 0 Å². The summed E-state index contributed by atoms with van der Waals surface area (Å²) in [5, 5.41) is 10.3. The zero-order valence-corrected chi connectivity index (χ0v) is 26.0. The Hall–Kier alpha value is -3.48. The van der Waals surface area contributed by atoms with Crippen LogP contribution in [0.2, 0.25) is 0 Å². The fourth-order valence-corrected chi connectivity index (χ4v) is 10.00. The van der Waals surface area contributed by atoms with E-state index in [4.69, 9.17) is 16.2 Å². The van der Waals surface area contributed by atoms with E-state index in [1.165, 1.54) is 17.4 Å². The summed E-state index contributed by atoms with van der Waals surface area (Å²) in [4.78, 5) is 19.5. The molecular weight excluding hydrogens is 612 g/mol. The van der Waals surface area contributed by atoms with Crippen LogP contribution in [-0.2, 0) is 10.5 Å². The van der Waals surface area contributed by atoms with Crippen LogP contribution in [-0.4, -0.2) is 71.4 Å². The van der Waals surface area contributed by atoms with Crippen LogP contribution in [0.1, 0.15) is 53.8 Å². The average Bonchev–Trinajstić information content (AvgIpc) is 3.70. The molecule has 3 fully saturated rings. The van der Waals surface area contributed by atoms with Crippen molar-refractivity contribution >= 4 is 45.6 Å². The lowest BCUT2D eigenvalue weighted by molar-refractivity contribution is 0.107. The van der Waals surface area contributed by atoms with E-state index in [0.717, 1.165) is 41.8 Å². The van der Waals surface area contributed by atoms with E-state index < -0.39 is 34.1 Å². The summed E-state index contributed by atoms with van der Waals surface area (Å²) in [6.07, 6.45) is 2.23. The van der Waals surface area contributed by atoms with Crippen molar-refractivity contribution in [1.82, 2.24) is 19.9 Å². The van der Waals surface area contributed by atoms with E-state index in [-0.39, 0.29) is 30.1 Å². The Labute approximate surface area is 261 Å². The predicted molar refractivity (Wildman–Crippen MR) is 165 cm³/mol. The minimum Gasteiger partial charge on any atom is -0.461 e. The SMILES string of the molecule is C[C@H](c1cc(F)cnc1N)N(C)c1nc(OC[C@@]23CCCN2C[C@H](F)C3)nc(N2CC3(C2)SCc2sc(N)c(C#N)c23)c1F. The number of nitrogen functional groups attached to an aromatic ring is 2. The minimum absolute atomic E-state index is 0.0254. The van der Waals surface area contributed by atoms with Gasteiger partial charge in [-0.2, -0.15) is 19.6 Å². The second-order valence-electron chi connectivity index (χ2n) is 12.1. The van der Waals surface area contributed by atoms with Gasteiger partial charge in [0.2, 0.25) is 5.82 Å². The lowest BCUT2D eigenvalue weighted by atomic mass is 9.88. The molecule has 44 heavy (non-hydrogen) atoms. The van der Waals surface area contributed by atoms with Crippen LogP contribution in [0.25, 0.3) is 0 Å². The average molecular weight is 644 g/mol. The second kappa shape index (κ2) is 10.6. The van der Waals surface area contributed by atoms with E-state index in [1.807, 2.05) is 4.90 Å². The summed E-state index contributed by atoms with van der Waals surface area (Å²) in [7, 11) is 1.64. The number of thioether (sulfide) groups is 1. The number of nitrogens with zero attached hydrogens (tertiary/aromatic N) is 7. The number of nitriles is 1. The van der Waals surface area contributed by atoms with Gasteiger partial charge in [-0.05, 0) is 32.4 Å². The lowest BCUT2D eigenvalue weighted by Gasteiger charge is -2.48. The molecule has 3 aromatic heterocycles. The van der Waals surface area contributed by atoms with Gasteiger partial charge < -0.3 is 26.0 Å². The van der Waals surface area contributed by atoms with Gasteiger partial charge in [-0.25, -0.2) is 13.8 Å². The molecule has 3 aromatic rings. The zero-order valence-electron chi connectivity index (χ0n) is 24.3. The number of hydrogen-bond acceptors (Lipinski definition) is 12. The number of hydrogen-bond donors (Lipinski definition) is 2. The molecule has 3 atom stereocenters. The molecule has 0 radical (unpaired) electrons. The first-order chi connectivity index (χ1) is 21.0. The summed E-state index contributed by atoms with van der Waals surface area (Å²) in [6, 6.07) is 2.90. The molecule has 4 aliphatic rings. The highest BCUT2D eigenvalue weighted by atomic mass is 32.2. The van der Waals surface area contributed by atoms with E-state index in [9.17, 15) is 14.0 Å². The molecule has 1 spiro atoms. The molecule has 232 valence electrons. The van der Waals surface area contributed by atoms with Gasteiger partial charge in [0, 0.05) is 54.9 Å². The topological polar surface area (TPSA) is 133 Å². The van der Waals surface area contributed by atoms with Crippen molar-refractivity contribution in [2.75, 3.05) is 61.1 Å². The Balaban J connectivity index is 1.22. The summed E-state index contributed by atoms with van der Waals surface area (Å²) in [6.45, 7) is 3.96. The van der Waals surface area contributed by atoms with Crippen molar-refractivity contribution < 1.29 is 17.9 Å². The van der Waals surface area contributed by atoms with Crippen LogP contribution < -0.4 is 26.0 Å². The van der Waals surface area contributed by atoms with Crippen molar-refractivity contribution in [3.63, 3.8) is 0 Å². The Bertz CT molecular complexity index is 1680. The number of halogens is 3. The summed E-state index contributed by atoms with van der Waals surface area (Å²) >= 11 is 3.16. The van der Waals surface area contributed by atoms with E-state index in [0.29, 0.717) is 42.2 Å². The van der Waals surface area contributed by atoms with Crippen LogP contribution in [0.15, 0.2) is 12.3 Å². The van der Waals surface area contributed by atoms with Crippen molar-refractivity contribution in [3.8, 4) is 12.1 Å². The normalized spacial score (nSPS) is 24.2. The highest BCUT2D eigenvalue weighted by molar-refractivity contribution is 8.00. The number of rotatable bonds is 7. The Kier molecular flexibility index (Phi) is 7.02. The van der Waals surface area contributed by atoms with Gasteiger partial charge in [-0.15, -0.1) is 23.1 Å². The molecule has 0 amide bonds. The number of fused-ring (bicyclic) bond motifs is 3. The number of anilines is 4. The van der Waals surface area contributed by atoms with Crippen LogP contribution >= 0.6 is 23.1 Å². The highest BCUT2D eigenvalue weighted by Crippen LogP contribution is 2.58. The third kappa shape index (κ3) is 4.52. The molecule has 0 aliphatic carbocycles. The Morgan fingerprint density at radius 2 is 2.09 bits per heavy atom. The standard InChI is InChI=1S/C29H32F3N9OS2/c1-15(18-6-16(30)9-36-23(18)34)39(2)25-22(32)26(38-27(37-25)42-14-28-4-3-5-41(28)10-17(31)7-28)40-12-29(13-40)21-19(8-33)24(35)44-20(21)11-43-29/h6,9,15,17H,3-5,7,10-14,35H2,1-2H3,(H2,34,36)/t15-,17-,28+/m1/s1. The fraction of sp³-hybridized carbons (Fsp3) is 0.517. The van der Waals surface area contributed by atoms with Crippen molar-refractivity contribution in [1.29, 1.82) is 5.26 Å². The molecule has 3 saturated heterocycles.